The number of carbonyl (C=O) groups is 2. The van der Waals surface area contributed by atoms with Gasteiger partial charge >= 0.3 is 5.97 Å². The van der Waals surface area contributed by atoms with Crippen molar-refractivity contribution in [3.05, 3.63) is 47.2 Å². The van der Waals surface area contributed by atoms with Crippen molar-refractivity contribution in [3.8, 4) is 0 Å². The number of nitrogens with zero attached hydrogens (tertiary/aromatic N) is 3. The van der Waals surface area contributed by atoms with Crippen molar-refractivity contribution >= 4 is 33.2 Å². The van der Waals surface area contributed by atoms with Crippen LogP contribution in [0.3, 0.4) is 0 Å². The zero-order chi connectivity index (χ0) is 24.9. The summed E-state index contributed by atoms with van der Waals surface area (Å²) in [6.07, 6.45) is 2.42. The van der Waals surface area contributed by atoms with Crippen molar-refractivity contribution in [3.63, 3.8) is 0 Å². The van der Waals surface area contributed by atoms with Crippen molar-refractivity contribution in [2.24, 2.45) is 17.0 Å². The molecule has 186 valence electrons. The molecule has 3 heterocycles. The number of amides is 1. The second-order valence-electron chi connectivity index (χ2n) is 9.45. The summed E-state index contributed by atoms with van der Waals surface area (Å²) < 4.78 is 31.1. The van der Waals surface area contributed by atoms with E-state index in [1.807, 2.05) is 18.2 Å². The summed E-state index contributed by atoms with van der Waals surface area (Å²) in [6.45, 7) is 1.95. The first-order chi connectivity index (χ1) is 16.7. The topological polar surface area (TPSA) is 118 Å². The number of esters is 1. The molecular weight excluding hydrogens is 472 g/mol. The van der Waals surface area contributed by atoms with E-state index in [0.29, 0.717) is 12.0 Å². The third-order valence-electron chi connectivity index (χ3n) is 7.02. The number of benzene rings is 1. The van der Waals surface area contributed by atoms with Gasteiger partial charge < -0.3 is 19.8 Å². The summed E-state index contributed by atoms with van der Waals surface area (Å²) >= 11 is 0. The van der Waals surface area contributed by atoms with Crippen LogP contribution >= 0.6 is 0 Å². The number of allylic oxidation sites excluding steroid dienone is 2. The van der Waals surface area contributed by atoms with Crippen molar-refractivity contribution in [2.75, 3.05) is 40.8 Å². The lowest BCUT2D eigenvalue weighted by atomic mass is 9.72. The molecule has 1 N–H and O–H groups in total. The highest BCUT2D eigenvalue weighted by Crippen LogP contribution is 2.45. The molecule has 10 nitrogen and oxygen atoms in total. The van der Waals surface area contributed by atoms with E-state index < -0.39 is 22.1 Å². The summed E-state index contributed by atoms with van der Waals surface area (Å²) in [6, 6.07) is 6.85. The van der Waals surface area contributed by atoms with Gasteiger partial charge in [-0.3, -0.25) is 4.79 Å². The number of likely N-dealkylation sites (tertiary alicyclic amines) is 1. The molecule has 4 aliphatic rings. The van der Waals surface area contributed by atoms with Gasteiger partial charge in [-0.25, -0.2) is 17.5 Å². The summed E-state index contributed by atoms with van der Waals surface area (Å²) in [5.41, 5.74) is 3.53. The summed E-state index contributed by atoms with van der Waals surface area (Å²) in [4.78, 5) is 32.5. The predicted molar refractivity (Wildman–Crippen MR) is 127 cm³/mol. The first kappa shape index (κ1) is 23.7. The molecule has 1 aromatic carbocycles. The second kappa shape index (κ2) is 8.89. The van der Waals surface area contributed by atoms with Crippen LogP contribution in [0.25, 0.3) is 5.57 Å². The Kier molecular flexibility index (Phi) is 6.02. The maximum atomic E-state index is 12.9. The number of piperidine rings is 1. The van der Waals surface area contributed by atoms with E-state index >= 15 is 0 Å². The van der Waals surface area contributed by atoms with Gasteiger partial charge in [0.1, 0.15) is 0 Å². The minimum Gasteiger partial charge on any atom is -0.463 e. The van der Waals surface area contributed by atoms with E-state index in [2.05, 4.69) is 22.4 Å². The third-order valence-corrected chi connectivity index (χ3v) is 8.85. The van der Waals surface area contributed by atoms with Gasteiger partial charge in [-0.15, -0.1) is 0 Å². The van der Waals surface area contributed by atoms with Crippen LogP contribution in [0.15, 0.2) is 51.7 Å². The van der Waals surface area contributed by atoms with Gasteiger partial charge in [-0.2, -0.15) is 0 Å². The molecule has 35 heavy (non-hydrogen) atoms. The van der Waals surface area contributed by atoms with Crippen LogP contribution < -0.4 is 5.32 Å². The number of cyclic esters (lactones) is 1. The molecule has 3 atom stereocenters. The van der Waals surface area contributed by atoms with Gasteiger partial charge in [0.05, 0.1) is 11.5 Å². The van der Waals surface area contributed by atoms with E-state index in [1.54, 1.807) is 12.1 Å². The van der Waals surface area contributed by atoms with Crippen LogP contribution in [0.1, 0.15) is 18.4 Å². The van der Waals surface area contributed by atoms with Crippen LogP contribution in [0.5, 0.6) is 0 Å². The lowest BCUT2D eigenvalue weighted by molar-refractivity contribution is -0.147. The third kappa shape index (κ3) is 4.17. The average Bonchev–Trinajstić information content (AvgIpc) is 3.38. The fourth-order valence-electron chi connectivity index (χ4n) is 5.09. The summed E-state index contributed by atoms with van der Waals surface area (Å²) in [5, 5.41) is 7.06. The molecule has 3 unspecified atom stereocenters. The molecular formula is C24H28N4O6S. The Bertz CT molecular complexity index is 1270. The smallest absolute Gasteiger partial charge is 0.350 e. The predicted octanol–water partition coefficient (Wildman–Crippen LogP) is 0.974. The van der Waals surface area contributed by atoms with Crippen molar-refractivity contribution in [1.82, 2.24) is 14.5 Å². The van der Waals surface area contributed by atoms with Crippen LogP contribution in [0.2, 0.25) is 0 Å². The largest absolute Gasteiger partial charge is 0.463 e. The fraction of sp³-hybridized carbons (Fsp3) is 0.458. The van der Waals surface area contributed by atoms with Crippen molar-refractivity contribution in [2.45, 2.75) is 23.8 Å². The first-order valence-corrected chi connectivity index (χ1v) is 13.0. The number of nitrogens with one attached hydrogen (secondary N) is 1. The Hall–Kier alpha value is -3.02. The highest BCUT2D eigenvalue weighted by atomic mass is 32.2. The fourth-order valence-corrected chi connectivity index (χ4v) is 5.99. The molecule has 2 saturated heterocycles. The molecule has 0 aromatic heterocycles. The molecule has 2 fully saturated rings. The molecule has 0 radical (unpaired) electrons. The van der Waals surface area contributed by atoms with Crippen LogP contribution in [-0.4, -0.2) is 82.2 Å². The van der Waals surface area contributed by atoms with Crippen LogP contribution in [0, 0.1) is 11.8 Å². The molecule has 11 heteroatoms. The number of fused-ring (bicyclic) bond motifs is 2. The number of oxime groups is 1. The average molecular weight is 501 g/mol. The van der Waals surface area contributed by atoms with Gasteiger partial charge in [-0.05, 0) is 55.3 Å². The minimum atomic E-state index is -3.54. The van der Waals surface area contributed by atoms with E-state index in [1.165, 1.54) is 18.4 Å². The number of hydrogen-bond donors (Lipinski definition) is 1. The highest BCUT2D eigenvalue weighted by Gasteiger charge is 2.43. The van der Waals surface area contributed by atoms with Gasteiger partial charge in [0.15, 0.2) is 5.71 Å². The number of sulfonamides is 1. The SMILES string of the molecule is CN1CCC2C(c3ccc(S(=O)(=O)N(C)C)cc3)=CC3=C(NC(=O)/C3=N\OC3CCOC3=O)C2C1. The zero-order valence-electron chi connectivity index (χ0n) is 19.9. The Morgan fingerprint density at radius 1 is 1.14 bits per heavy atom. The molecule has 1 aliphatic carbocycles. The molecule has 3 aliphatic heterocycles. The highest BCUT2D eigenvalue weighted by molar-refractivity contribution is 7.89. The lowest BCUT2D eigenvalue weighted by Gasteiger charge is -2.41. The monoisotopic (exact) mass is 500 g/mol. The Balaban J connectivity index is 1.53. The normalized spacial score (nSPS) is 28.1. The Morgan fingerprint density at radius 2 is 1.89 bits per heavy atom. The van der Waals surface area contributed by atoms with E-state index in [4.69, 9.17) is 9.57 Å². The van der Waals surface area contributed by atoms with E-state index in [-0.39, 0.29) is 35.0 Å². The number of rotatable bonds is 5. The van der Waals surface area contributed by atoms with Gasteiger partial charge in [0.25, 0.3) is 5.91 Å². The number of ether oxygens (including phenoxy) is 1. The molecule has 5 rings (SSSR count). The maximum Gasteiger partial charge on any atom is 0.350 e. The van der Waals surface area contributed by atoms with Crippen molar-refractivity contribution in [1.29, 1.82) is 0 Å². The summed E-state index contributed by atoms with van der Waals surface area (Å²) in [5.74, 6) is -0.643. The van der Waals surface area contributed by atoms with Crippen LogP contribution in [-0.2, 0) is 29.2 Å². The van der Waals surface area contributed by atoms with Crippen LogP contribution in [0.4, 0.5) is 0 Å². The molecule has 0 bridgehead atoms. The van der Waals surface area contributed by atoms with Crippen molar-refractivity contribution < 1.29 is 27.6 Å². The van der Waals surface area contributed by atoms with Gasteiger partial charge in [0, 0.05) is 44.2 Å². The molecule has 0 spiro atoms. The second-order valence-corrected chi connectivity index (χ2v) is 11.6. The lowest BCUT2D eigenvalue weighted by Crippen LogP contribution is -2.42. The number of carbonyl (C=O) groups excluding carboxylic acids is 2. The maximum absolute atomic E-state index is 12.9. The van der Waals surface area contributed by atoms with E-state index in [0.717, 1.165) is 36.3 Å². The Morgan fingerprint density at radius 3 is 2.54 bits per heavy atom. The Labute approximate surface area is 204 Å². The standard InChI is InChI=1S/C24H28N4O6S/c1-27(2)35(31,32)15-6-4-14(5-7-15)17-12-18-21(19-13-28(3)10-8-16(17)19)25-23(29)22(18)26-34-20-9-11-33-24(20)30/h4-7,12,16,19-20H,8-11,13H2,1-3H3,(H,25,26,29). The van der Waals surface area contributed by atoms with E-state index in [9.17, 15) is 18.0 Å². The quantitative estimate of drug-likeness (QED) is 0.473. The van der Waals surface area contributed by atoms with Gasteiger partial charge in [0.2, 0.25) is 16.1 Å². The zero-order valence-corrected chi connectivity index (χ0v) is 20.7. The first-order valence-electron chi connectivity index (χ1n) is 11.6. The molecule has 1 amide bonds. The summed E-state index contributed by atoms with van der Waals surface area (Å²) in [7, 11) is 1.52. The minimum absolute atomic E-state index is 0.0435. The molecule has 1 aromatic rings. The molecule has 0 saturated carbocycles. The van der Waals surface area contributed by atoms with Gasteiger partial charge in [-0.1, -0.05) is 17.3 Å². The number of hydrogen-bond acceptors (Lipinski definition) is 8.